The summed E-state index contributed by atoms with van der Waals surface area (Å²) in [4.78, 5) is 16.2. The standard InChI is InChI=1S/C20H28ClN6O2PS/c1-12-16(22)20(11-29-12)5-8-27(9-6-20)14-10-25-19(17(23)26-14)31-13-4-7-24-18(15(13)21)30(2,3)28/h4,7,10,12,16H,5-6,8-9,11,22H2,1-3H3,(H2,23,26)/t12-,16+/m0/s1. The van der Waals surface area contributed by atoms with Crippen LogP contribution in [-0.4, -0.2) is 60.1 Å². The van der Waals surface area contributed by atoms with Gasteiger partial charge in [-0.3, -0.25) is 4.98 Å². The second-order valence-electron chi connectivity index (χ2n) is 8.71. The molecule has 0 aromatic carbocycles. The van der Waals surface area contributed by atoms with Crippen LogP contribution in [0.4, 0.5) is 11.6 Å². The van der Waals surface area contributed by atoms with Crippen molar-refractivity contribution in [1.29, 1.82) is 0 Å². The number of rotatable bonds is 4. The van der Waals surface area contributed by atoms with Crippen LogP contribution in [0.2, 0.25) is 5.02 Å². The molecule has 4 N–H and O–H groups in total. The zero-order valence-corrected chi connectivity index (χ0v) is 20.4. The van der Waals surface area contributed by atoms with Crippen LogP contribution in [0, 0.1) is 5.41 Å². The summed E-state index contributed by atoms with van der Waals surface area (Å²) >= 11 is 7.76. The molecule has 0 aliphatic carbocycles. The van der Waals surface area contributed by atoms with Crippen LogP contribution in [0.25, 0.3) is 0 Å². The lowest BCUT2D eigenvalue weighted by Crippen LogP contribution is -2.50. The van der Waals surface area contributed by atoms with Gasteiger partial charge in [-0.25, -0.2) is 9.97 Å². The van der Waals surface area contributed by atoms with E-state index in [9.17, 15) is 4.57 Å². The molecule has 2 fully saturated rings. The number of nitrogens with two attached hydrogens (primary N) is 2. The van der Waals surface area contributed by atoms with Gasteiger partial charge < -0.3 is 25.7 Å². The molecule has 0 unspecified atom stereocenters. The highest BCUT2D eigenvalue weighted by Crippen LogP contribution is 2.43. The smallest absolute Gasteiger partial charge is 0.158 e. The summed E-state index contributed by atoms with van der Waals surface area (Å²) in [5.74, 6) is 1.09. The van der Waals surface area contributed by atoms with Crippen molar-refractivity contribution in [2.24, 2.45) is 11.1 Å². The molecule has 2 saturated heterocycles. The van der Waals surface area contributed by atoms with Gasteiger partial charge in [-0.2, -0.15) is 0 Å². The Morgan fingerprint density at radius 2 is 2.03 bits per heavy atom. The molecule has 2 atom stereocenters. The highest BCUT2D eigenvalue weighted by atomic mass is 35.5. The van der Waals surface area contributed by atoms with Crippen LogP contribution in [0.3, 0.4) is 0 Å². The van der Waals surface area contributed by atoms with Crippen molar-refractivity contribution < 1.29 is 9.30 Å². The van der Waals surface area contributed by atoms with Gasteiger partial charge >= 0.3 is 0 Å². The van der Waals surface area contributed by atoms with Gasteiger partial charge in [-0.1, -0.05) is 23.4 Å². The van der Waals surface area contributed by atoms with E-state index in [0.29, 0.717) is 26.2 Å². The zero-order valence-electron chi connectivity index (χ0n) is 17.9. The van der Waals surface area contributed by atoms with E-state index < -0.39 is 7.14 Å². The van der Waals surface area contributed by atoms with Gasteiger partial charge in [0.1, 0.15) is 23.4 Å². The number of nitrogen functional groups attached to an aromatic ring is 1. The van der Waals surface area contributed by atoms with Crippen molar-refractivity contribution in [3.8, 4) is 0 Å². The Morgan fingerprint density at radius 3 is 2.61 bits per heavy atom. The summed E-state index contributed by atoms with van der Waals surface area (Å²) in [6.07, 6.45) is 5.36. The summed E-state index contributed by atoms with van der Waals surface area (Å²) < 4.78 is 18.2. The van der Waals surface area contributed by atoms with E-state index in [0.717, 1.165) is 38.4 Å². The van der Waals surface area contributed by atoms with E-state index in [4.69, 9.17) is 27.8 Å². The van der Waals surface area contributed by atoms with E-state index >= 15 is 0 Å². The molecule has 0 saturated carbocycles. The number of nitrogens with zero attached hydrogens (tertiary/aromatic N) is 4. The molecule has 4 heterocycles. The fourth-order valence-corrected chi connectivity index (χ4v) is 6.87. The molecular formula is C20H28ClN6O2PS. The molecule has 0 bridgehead atoms. The number of piperidine rings is 1. The summed E-state index contributed by atoms with van der Waals surface area (Å²) in [5.41, 5.74) is 13.1. The fourth-order valence-electron chi connectivity index (χ4n) is 4.24. The highest BCUT2D eigenvalue weighted by molar-refractivity contribution is 7.99. The first-order valence-corrected chi connectivity index (χ1v) is 14.0. The number of anilines is 2. The van der Waals surface area contributed by atoms with E-state index in [1.165, 1.54) is 11.8 Å². The van der Waals surface area contributed by atoms with Gasteiger partial charge in [0.05, 0.1) is 23.9 Å². The zero-order chi connectivity index (χ0) is 22.4. The Kier molecular flexibility index (Phi) is 6.27. The molecule has 4 rings (SSSR count). The normalized spacial score (nSPS) is 23.5. The number of halogens is 1. The van der Waals surface area contributed by atoms with Crippen molar-refractivity contribution >= 4 is 47.6 Å². The molecule has 0 radical (unpaired) electrons. The van der Waals surface area contributed by atoms with Crippen molar-refractivity contribution in [3.63, 3.8) is 0 Å². The molecule has 8 nitrogen and oxygen atoms in total. The monoisotopic (exact) mass is 482 g/mol. The minimum atomic E-state index is -2.59. The molecule has 11 heteroatoms. The van der Waals surface area contributed by atoms with Gasteiger partial charge in [-0.05, 0) is 39.2 Å². The first kappa shape index (κ1) is 22.8. The summed E-state index contributed by atoms with van der Waals surface area (Å²) in [7, 11) is -2.59. The molecule has 0 amide bonds. The first-order chi connectivity index (χ1) is 14.6. The number of aromatic nitrogens is 3. The Morgan fingerprint density at radius 1 is 1.32 bits per heavy atom. The predicted molar refractivity (Wildman–Crippen MR) is 126 cm³/mol. The van der Waals surface area contributed by atoms with Gasteiger partial charge in [0.15, 0.2) is 5.82 Å². The minimum absolute atomic E-state index is 0.0540. The van der Waals surface area contributed by atoms with Crippen LogP contribution in [0.1, 0.15) is 19.8 Å². The Bertz CT molecular complexity index is 1030. The fraction of sp³-hybridized carbons (Fsp3) is 0.550. The second kappa shape index (κ2) is 8.52. The van der Waals surface area contributed by atoms with Gasteiger partial charge in [0.25, 0.3) is 0 Å². The summed E-state index contributed by atoms with van der Waals surface area (Å²) in [6.45, 7) is 7.74. The van der Waals surface area contributed by atoms with Crippen LogP contribution < -0.4 is 21.8 Å². The molecule has 1 spiro atoms. The maximum absolute atomic E-state index is 12.4. The third-order valence-electron chi connectivity index (χ3n) is 6.23. The first-order valence-electron chi connectivity index (χ1n) is 10.2. The van der Waals surface area contributed by atoms with Crippen molar-refractivity contribution in [1.82, 2.24) is 15.0 Å². The average Bonchev–Trinajstić information content (AvgIpc) is 2.99. The third-order valence-corrected chi connectivity index (χ3v) is 9.29. The van der Waals surface area contributed by atoms with Crippen molar-refractivity contribution in [3.05, 3.63) is 23.5 Å². The molecule has 2 aliphatic heterocycles. The average molecular weight is 483 g/mol. The molecule has 31 heavy (non-hydrogen) atoms. The molecule has 2 aromatic heterocycles. The maximum atomic E-state index is 12.4. The molecule has 168 valence electrons. The minimum Gasteiger partial charge on any atom is -0.381 e. The third kappa shape index (κ3) is 4.44. The van der Waals surface area contributed by atoms with Gasteiger partial charge in [0.2, 0.25) is 0 Å². The van der Waals surface area contributed by atoms with Crippen LogP contribution >= 0.6 is 30.5 Å². The Labute approximate surface area is 191 Å². The van der Waals surface area contributed by atoms with E-state index in [1.807, 2.05) is 6.92 Å². The predicted octanol–water partition coefficient (Wildman–Crippen LogP) is 2.84. The number of hydrogen-bond donors (Lipinski definition) is 2. The summed E-state index contributed by atoms with van der Waals surface area (Å²) in [6, 6.07) is 1.83. The second-order valence-corrected chi connectivity index (χ2v) is 13.2. The van der Waals surface area contributed by atoms with E-state index in [1.54, 1.807) is 31.8 Å². The van der Waals surface area contributed by atoms with E-state index in [2.05, 4.69) is 19.9 Å². The lowest BCUT2D eigenvalue weighted by molar-refractivity contribution is 0.0974. The maximum Gasteiger partial charge on any atom is 0.158 e. The van der Waals surface area contributed by atoms with Crippen molar-refractivity contribution in [2.45, 2.75) is 41.8 Å². The van der Waals surface area contributed by atoms with Gasteiger partial charge in [-0.15, -0.1) is 0 Å². The molecule has 2 aromatic rings. The summed E-state index contributed by atoms with van der Waals surface area (Å²) in [5, 5.41) is 0.926. The number of ether oxygens (including phenoxy) is 1. The largest absolute Gasteiger partial charge is 0.381 e. The highest BCUT2D eigenvalue weighted by Gasteiger charge is 2.47. The van der Waals surface area contributed by atoms with Crippen LogP contribution in [0.5, 0.6) is 0 Å². The molecular weight excluding hydrogens is 455 g/mol. The number of pyridine rings is 1. The van der Waals surface area contributed by atoms with Crippen LogP contribution in [-0.2, 0) is 9.30 Å². The molecule has 2 aliphatic rings. The SMILES string of the molecule is C[C@@H]1OCC2(CCN(c3cnc(Sc4ccnc(P(C)(C)=O)c4Cl)c(N)n3)CC2)[C@@H]1N. The lowest BCUT2D eigenvalue weighted by atomic mass is 9.73. The Hall–Kier alpha value is -1.38. The Balaban J connectivity index is 1.48. The number of hydrogen-bond acceptors (Lipinski definition) is 9. The van der Waals surface area contributed by atoms with E-state index in [-0.39, 0.29) is 17.6 Å². The van der Waals surface area contributed by atoms with Crippen LogP contribution in [0.15, 0.2) is 28.4 Å². The van der Waals surface area contributed by atoms with Crippen molar-refractivity contribution in [2.75, 3.05) is 43.7 Å². The topological polar surface area (TPSA) is 120 Å². The lowest BCUT2D eigenvalue weighted by Gasteiger charge is -2.41. The quantitative estimate of drug-likeness (QED) is 0.633. The van der Waals surface area contributed by atoms with Gasteiger partial charge in [0, 0.05) is 35.6 Å².